The maximum absolute atomic E-state index is 13.5. The zero-order chi connectivity index (χ0) is 12.7. The standard InChI is InChI=1S/C9H4BrF4N3/c10-4-5(11)7(13)9(8(14)6(4)12)17-3(15)1-2-16-17/h1-2H,15H2. The first-order valence-electron chi connectivity index (χ1n) is 4.26. The van der Waals surface area contributed by atoms with Gasteiger partial charge < -0.3 is 5.73 Å². The third kappa shape index (κ3) is 1.68. The van der Waals surface area contributed by atoms with E-state index in [0.717, 1.165) is 6.20 Å². The van der Waals surface area contributed by atoms with E-state index in [4.69, 9.17) is 5.73 Å². The van der Waals surface area contributed by atoms with Crippen molar-refractivity contribution in [3.63, 3.8) is 0 Å². The van der Waals surface area contributed by atoms with Gasteiger partial charge in [-0.2, -0.15) is 5.10 Å². The van der Waals surface area contributed by atoms with E-state index >= 15 is 0 Å². The number of benzene rings is 1. The molecule has 0 spiro atoms. The minimum absolute atomic E-state index is 0.149. The van der Waals surface area contributed by atoms with Crippen molar-refractivity contribution in [1.29, 1.82) is 0 Å². The van der Waals surface area contributed by atoms with Crippen molar-refractivity contribution in [2.75, 3.05) is 5.73 Å². The van der Waals surface area contributed by atoms with Crippen molar-refractivity contribution < 1.29 is 17.6 Å². The lowest BCUT2D eigenvalue weighted by Crippen LogP contribution is -2.10. The van der Waals surface area contributed by atoms with Crippen LogP contribution >= 0.6 is 15.9 Å². The van der Waals surface area contributed by atoms with Gasteiger partial charge in [-0.15, -0.1) is 0 Å². The lowest BCUT2D eigenvalue weighted by Gasteiger charge is -2.09. The van der Waals surface area contributed by atoms with Crippen molar-refractivity contribution in [3.05, 3.63) is 40.0 Å². The van der Waals surface area contributed by atoms with Gasteiger partial charge in [0.15, 0.2) is 23.3 Å². The maximum Gasteiger partial charge on any atom is 0.188 e. The van der Waals surface area contributed by atoms with Crippen LogP contribution in [0.5, 0.6) is 0 Å². The average Bonchev–Trinajstić information content (AvgIpc) is 2.71. The van der Waals surface area contributed by atoms with Gasteiger partial charge in [-0.25, -0.2) is 22.2 Å². The first-order chi connectivity index (χ1) is 7.95. The molecule has 0 aliphatic rings. The van der Waals surface area contributed by atoms with E-state index in [-0.39, 0.29) is 5.82 Å². The SMILES string of the molecule is Nc1ccnn1-c1c(F)c(F)c(Br)c(F)c1F. The van der Waals surface area contributed by atoms with Crippen LogP contribution in [-0.2, 0) is 0 Å². The Morgan fingerprint density at radius 2 is 1.59 bits per heavy atom. The molecule has 0 aliphatic heterocycles. The number of rotatable bonds is 1. The van der Waals surface area contributed by atoms with Crippen molar-refractivity contribution in [2.45, 2.75) is 0 Å². The fourth-order valence-corrected chi connectivity index (χ4v) is 1.63. The van der Waals surface area contributed by atoms with Gasteiger partial charge in [-0.1, -0.05) is 0 Å². The molecular formula is C9H4BrF4N3. The number of nitrogen functional groups attached to an aromatic ring is 1. The number of nitrogens with zero attached hydrogens (tertiary/aromatic N) is 2. The van der Waals surface area contributed by atoms with Gasteiger partial charge in [0, 0.05) is 6.07 Å². The van der Waals surface area contributed by atoms with Crippen LogP contribution in [0.3, 0.4) is 0 Å². The maximum atomic E-state index is 13.5. The number of anilines is 1. The van der Waals surface area contributed by atoms with E-state index in [0.29, 0.717) is 4.68 Å². The molecule has 8 heteroatoms. The van der Waals surface area contributed by atoms with Gasteiger partial charge >= 0.3 is 0 Å². The van der Waals surface area contributed by atoms with Crippen LogP contribution in [0.25, 0.3) is 5.69 Å². The summed E-state index contributed by atoms with van der Waals surface area (Å²) in [5, 5.41) is 3.48. The zero-order valence-electron chi connectivity index (χ0n) is 8.02. The van der Waals surface area contributed by atoms with Crippen molar-refractivity contribution >= 4 is 21.7 Å². The highest BCUT2D eigenvalue weighted by Crippen LogP contribution is 2.30. The third-order valence-corrected chi connectivity index (χ3v) is 2.77. The summed E-state index contributed by atoms with van der Waals surface area (Å²) >= 11 is 2.41. The summed E-state index contributed by atoms with van der Waals surface area (Å²) in [5.41, 5.74) is 4.36. The topological polar surface area (TPSA) is 43.8 Å². The van der Waals surface area contributed by atoms with Gasteiger partial charge in [0.2, 0.25) is 0 Å². The summed E-state index contributed by atoms with van der Waals surface area (Å²) in [7, 11) is 0. The largest absolute Gasteiger partial charge is 0.384 e. The minimum atomic E-state index is -1.58. The van der Waals surface area contributed by atoms with Gasteiger partial charge in [0.1, 0.15) is 11.5 Å². The summed E-state index contributed by atoms with van der Waals surface area (Å²) in [6, 6.07) is 1.23. The first kappa shape index (κ1) is 11.9. The van der Waals surface area contributed by atoms with Crippen LogP contribution in [0.2, 0.25) is 0 Å². The van der Waals surface area contributed by atoms with E-state index in [9.17, 15) is 17.6 Å². The van der Waals surface area contributed by atoms with Crippen molar-refractivity contribution in [3.8, 4) is 5.69 Å². The second-order valence-corrected chi connectivity index (χ2v) is 3.88. The van der Waals surface area contributed by atoms with Crippen molar-refractivity contribution in [2.24, 2.45) is 0 Å². The minimum Gasteiger partial charge on any atom is -0.384 e. The van der Waals surface area contributed by atoms with E-state index < -0.39 is 33.4 Å². The van der Waals surface area contributed by atoms with E-state index in [2.05, 4.69) is 21.0 Å². The van der Waals surface area contributed by atoms with Crippen LogP contribution in [0.4, 0.5) is 23.4 Å². The molecule has 1 aromatic heterocycles. The monoisotopic (exact) mass is 309 g/mol. The Labute approximate surface area is 101 Å². The molecule has 0 radical (unpaired) electrons. The predicted octanol–water partition coefficient (Wildman–Crippen LogP) is 2.77. The Morgan fingerprint density at radius 1 is 1.06 bits per heavy atom. The first-order valence-corrected chi connectivity index (χ1v) is 5.05. The summed E-state index contributed by atoms with van der Waals surface area (Å²) in [6.07, 6.45) is 1.14. The predicted molar refractivity (Wildman–Crippen MR) is 55.5 cm³/mol. The molecule has 0 atom stereocenters. The number of nitrogens with two attached hydrogens (primary N) is 1. The number of halogens is 5. The highest BCUT2D eigenvalue weighted by molar-refractivity contribution is 9.10. The Hall–Kier alpha value is -1.57. The molecule has 0 unspecified atom stereocenters. The third-order valence-electron chi connectivity index (χ3n) is 2.07. The molecule has 3 nitrogen and oxygen atoms in total. The average molecular weight is 310 g/mol. The Kier molecular flexibility index (Phi) is 2.82. The van der Waals surface area contributed by atoms with Crippen LogP contribution in [0.15, 0.2) is 16.7 Å². The smallest absolute Gasteiger partial charge is 0.188 e. The zero-order valence-corrected chi connectivity index (χ0v) is 9.60. The quantitative estimate of drug-likeness (QED) is 0.500. The second-order valence-electron chi connectivity index (χ2n) is 3.09. The summed E-state index contributed by atoms with van der Waals surface area (Å²) in [6.45, 7) is 0. The number of aromatic nitrogens is 2. The molecular weight excluding hydrogens is 306 g/mol. The molecule has 0 saturated heterocycles. The molecule has 0 aliphatic carbocycles. The van der Waals surface area contributed by atoms with E-state index in [1.165, 1.54) is 6.07 Å². The number of hydrogen-bond acceptors (Lipinski definition) is 2. The number of hydrogen-bond donors (Lipinski definition) is 1. The van der Waals surface area contributed by atoms with Crippen LogP contribution in [0.1, 0.15) is 0 Å². The molecule has 90 valence electrons. The molecule has 0 amide bonds. The summed E-state index contributed by atoms with van der Waals surface area (Å²) < 4.78 is 53.2. The fraction of sp³-hybridized carbons (Fsp3) is 0. The molecule has 17 heavy (non-hydrogen) atoms. The summed E-state index contributed by atoms with van der Waals surface area (Å²) in [5.74, 6) is -6.40. The van der Waals surface area contributed by atoms with Gasteiger partial charge in [-0.3, -0.25) is 0 Å². The van der Waals surface area contributed by atoms with E-state index in [1.54, 1.807) is 0 Å². The molecule has 1 aromatic carbocycles. The normalized spacial score (nSPS) is 10.9. The van der Waals surface area contributed by atoms with Crippen molar-refractivity contribution in [1.82, 2.24) is 9.78 Å². The Bertz CT molecular complexity index is 567. The lowest BCUT2D eigenvalue weighted by atomic mass is 10.2. The molecule has 2 rings (SSSR count). The Morgan fingerprint density at radius 3 is 2.00 bits per heavy atom. The van der Waals surface area contributed by atoms with Gasteiger partial charge in [-0.05, 0) is 15.9 Å². The van der Waals surface area contributed by atoms with Crippen LogP contribution < -0.4 is 5.73 Å². The highest BCUT2D eigenvalue weighted by atomic mass is 79.9. The molecule has 2 aromatic rings. The van der Waals surface area contributed by atoms with Crippen LogP contribution in [0, 0.1) is 23.3 Å². The summed E-state index contributed by atoms with van der Waals surface area (Å²) in [4.78, 5) is 0. The Balaban J connectivity index is 2.84. The van der Waals surface area contributed by atoms with Crippen LogP contribution in [-0.4, -0.2) is 9.78 Å². The molecule has 2 N–H and O–H groups in total. The van der Waals surface area contributed by atoms with Gasteiger partial charge in [0.25, 0.3) is 0 Å². The lowest BCUT2D eigenvalue weighted by molar-refractivity contribution is 0.438. The molecule has 0 bridgehead atoms. The highest BCUT2D eigenvalue weighted by Gasteiger charge is 2.26. The fourth-order valence-electron chi connectivity index (χ4n) is 1.28. The van der Waals surface area contributed by atoms with Gasteiger partial charge in [0.05, 0.1) is 10.7 Å². The molecule has 0 saturated carbocycles. The van der Waals surface area contributed by atoms with E-state index in [1.807, 2.05) is 0 Å². The second kappa shape index (κ2) is 4.02. The molecule has 1 heterocycles. The molecule has 0 fully saturated rings.